The van der Waals surface area contributed by atoms with Gasteiger partial charge in [0, 0.05) is 24.7 Å². The number of nitrogens with zero attached hydrogens (tertiary/aromatic N) is 3. The standard InChI is InChI=1S/C24H27N3O2/c25-16-19-5-7-20(8-6-19)18-29-23-11-9-21(10-12-23)24(28)27-15-3-4-22(27)17-26-13-1-2-14-26/h5-12,22H,1-4,13-15,17-18H2. The molecule has 2 aliphatic heterocycles. The largest absolute Gasteiger partial charge is 0.489 e. The highest BCUT2D eigenvalue weighted by Crippen LogP contribution is 2.23. The van der Waals surface area contributed by atoms with Crippen LogP contribution in [0.2, 0.25) is 0 Å². The molecule has 0 aromatic heterocycles. The van der Waals surface area contributed by atoms with Gasteiger partial charge in [0.05, 0.1) is 11.6 Å². The number of amides is 1. The van der Waals surface area contributed by atoms with Gasteiger partial charge in [-0.15, -0.1) is 0 Å². The maximum absolute atomic E-state index is 13.0. The van der Waals surface area contributed by atoms with Crippen LogP contribution in [-0.4, -0.2) is 47.9 Å². The second-order valence-corrected chi connectivity index (χ2v) is 7.92. The molecule has 0 N–H and O–H groups in total. The fourth-order valence-corrected chi connectivity index (χ4v) is 4.26. The van der Waals surface area contributed by atoms with Gasteiger partial charge in [0.15, 0.2) is 0 Å². The molecule has 1 atom stereocenters. The Bertz CT molecular complexity index is 864. The van der Waals surface area contributed by atoms with Crippen molar-refractivity contribution < 1.29 is 9.53 Å². The van der Waals surface area contributed by atoms with Crippen LogP contribution >= 0.6 is 0 Å². The molecule has 1 amide bonds. The first kappa shape index (κ1) is 19.5. The van der Waals surface area contributed by atoms with Crippen LogP contribution < -0.4 is 4.74 Å². The molecule has 5 heteroatoms. The maximum Gasteiger partial charge on any atom is 0.254 e. The maximum atomic E-state index is 13.0. The first-order valence-electron chi connectivity index (χ1n) is 10.5. The van der Waals surface area contributed by atoms with E-state index >= 15 is 0 Å². The smallest absolute Gasteiger partial charge is 0.254 e. The summed E-state index contributed by atoms with van der Waals surface area (Å²) >= 11 is 0. The van der Waals surface area contributed by atoms with Crippen LogP contribution in [0.5, 0.6) is 5.75 Å². The lowest BCUT2D eigenvalue weighted by molar-refractivity contribution is 0.0708. The van der Waals surface area contributed by atoms with E-state index in [0.717, 1.165) is 42.8 Å². The van der Waals surface area contributed by atoms with E-state index in [0.29, 0.717) is 18.2 Å². The van der Waals surface area contributed by atoms with Gasteiger partial charge in [-0.05, 0) is 80.7 Å². The van der Waals surface area contributed by atoms with E-state index < -0.39 is 0 Å². The predicted molar refractivity (Wildman–Crippen MR) is 112 cm³/mol. The van der Waals surface area contributed by atoms with Crippen molar-refractivity contribution in [1.82, 2.24) is 9.80 Å². The Hall–Kier alpha value is -2.84. The van der Waals surface area contributed by atoms with Crippen molar-refractivity contribution in [2.75, 3.05) is 26.2 Å². The van der Waals surface area contributed by atoms with Crippen LogP contribution in [0.4, 0.5) is 0 Å². The zero-order valence-electron chi connectivity index (χ0n) is 16.7. The molecule has 5 nitrogen and oxygen atoms in total. The highest BCUT2D eigenvalue weighted by molar-refractivity contribution is 5.94. The number of ether oxygens (including phenoxy) is 1. The normalized spacial score (nSPS) is 19.3. The summed E-state index contributed by atoms with van der Waals surface area (Å²) < 4.78 is 5.82. The zero-order valence-corrected chi connectivity index (χ0v) is 16.7. The molecule has 2 heterocycles. The summed E-state index contributed by atoms with van der Waals surface area (Å²) in [6.45, 7) is 4.64. The minimum atomic E-state index is 0.130. The van der Waals surface area contributed by atoms with E-state index in [2.05, 4.69) is 15.9 Å². The number of nitriles is 1. The molecule has 0 radical (unpaired) electrons. The van der Waals surface area contributed by atoms with Crippen molar-refractivity contribution in [3.8, 4) is 11.8 Å². The first-order valence-corrected chi connectivity index (χ1v) is 10.5. The van der Waals surface area contributed by atoms with Crippen LogP contribution in [0, 0.1) is 11.3 Å². The van der Waals surface area contributed by atoms with Crippen molar-refractivity contribution in [3.05, 3.63) is 65.2 Å². The van der Waals surface area contributed by atoms with E-state index in [-0.39, 0.29) is 5.91 Å². The van der Waals surface area contributed by atoms with E-state index in [1.807, 2.05) is 36.4 Å². The van der Waals surface area contributed by atoms with Gasteiger partial charge in [-0.2, -0.15) is 5.26 Å². The molecule has 2 saturated heterocycles. The Morgan fingerprint density at radius 1 is 1.00 bits per heavy atom. The summed E-state index contributed by atoms with van der Waals surface area (Å²) in [5, 5.41) is 8.86. The molecule has 0 spiro atoms. The minimum absolute atomic E-state index is 0.130. The third-order valence-electron chi connectivity index (χ3n) is 5.90. The molecular formula is C24H27N3O2. The number of rotatable bonds is 6. The fraction of sp³-hybridized carbons (Fsp3) is 0.417. The molecule has 1 unspecified atom stereocenters. The van der Waals surface area contributed by atoms with E-state index in [4.69, 9.17) is 10.00 Å². The Labute approximate surface area is 172 Å². The molecule has 0 aliphatic carbocycles. The van der Waals surface area contributed by atoms with Gasteiger partial charge in [-0.25, -0.2) is 0 Å². The van der Waals surface area contributed by atoms with Gasteiger partial charge in [-0.3, -0.25) is 4.79 Å². The molecule has 29 heavy (non-hydrogen) atoms. The second-order valence-electron chi connectivity index (χ2n) is 7.92. The van der Waals surface area contributed by atoms with Crippen LogP contribution in [0.1, 0.15) is 47.2 Å². The van der Waals surface area contributed by atoms with E-state index in [1.54, 1.807) is 12.1 Å². The number of hydrogen-bond acceptors (Lipinski definition) is 4. The highest BCUT2D eigenvalue weighted by atomic mass is 16.5. The molecule has 150 valence electrons. The van der Waals surface area contributed by atoms with Gasteiger partial charge >= 0.3 is 0 Å². The molecule has 2 aromatic carbocycles. The lowest BCUT2D eigenvalue weighted by Crippen LogP contribution is -2.42. The summed E-state index contributed by atoms with van der Waals surface area (Å²) in [5.41, 5.74) is 2.37. The SMILES string of the molecule is N#Cc1ccc(COc2ccc(C(=O)N3CCCC3CN3CCCC3)cc2)cc1. The molecule has 2 aromatic rings. The average molecular weight is 389 g/mol. The summed E-state index contributed by atoms with van der Waals surface area (Å²) in [6, 6.07) is 17.3. The Morgan fingerprint density at radius 2 is 1.72 bits per heavy atom. The van der Waals surface area contributed by atoms with Crippen molar-refractivity contribution in [2.24, 2.45) is 0 Å². The number of likely N-dealkylation sites (tertiary alicyclic amines) is 2. The molecule has 0 bridgehead atoms. The Kier molecular flexibility index (Phi) is 6.12. The van der Waals surface area contributed by atoms with E-state index in [9.17, 15) is 4.79 Å². The van der Waals surface area contributed by atoms with Gasteiger partial charge in [0.1, 0.15) is 12.4 Å². The van der Waals surface area contributed by atoms with Crippen LogP contribution in [0.3, 0.4) is 0 Å². The predicted octanol–water partition coefficient (Wildman–Crippen LogP) is 3.84. The molecule has 2 fully saturated rings. The highest BCUT2D eigenvalue weighted by Gasteiger charge is 2.31. The average Bonchev–Trinajstić information content (AvgIpc) is 3.45. The van der Waals surface area contributed by atoms with Crippen molar-refractivity contribution in [2.45, 2.75) is 38.3 Å². The molecule has 2 aliphatic rings. The van der Waals surface area contributed by atoms with Crippen molar-refractivity contribution >= 4 is 5.91 Å². The Balaban J connectivity index is 1.34. The first-order chi connectivity index (χ1) is 14.2. The molecule has 4 rings (SSSR count). The van der Waals surface area contributed by atoms with Gasteiger partial charge in [0.25, 0.3) is 5.91 Å². The number of benzene rings is 2. The number of carbonyl (C=O) groups is 1. The number of carbonyl (C=O) groups excluding carboxylic acids is 1. The van der Waals surface area contributed by atoms with E-state index in [1.165, 1.54) is 25.9 Å². The quantitative estimate of drug-likeness (QED) is 0.753. The van der Waals surface area contributed by atoms with Gasteiger partial charge < -0.3 is 14.5 Å². The monoisotopic (exact) mass is 389 g/mol. The van der Waals surface area contributed by atoms with Crippen molar-refractivity contribution in [3.63, 3.8) is 0 Å². The van der Waals surface area contributed by atoms with Crippen LogP contribution in [0.25, 0.3) is 0 Å². The topological polar surface area (TPSA) is 56.6 Å². The van der Waals surface area contributed by atoms with Gasteiger partial charge in [0.2, 0.25) is 0 Å². The zero-order chi connectivity index (χ0) is 20.1. The van der Waals surface area contributed by atoms with Crippen molar-refractivity contribution in [1.29, 1.82) is 5.26 Å². The summed E-state index contributed by atoms with van der Waals surface area (Å²) in [7, 11) is 0. The number of hydrogen-bond donors (Lipinski definition) is 0. The summed E-state index contributed by atoms with van der Waals surface area (Å²) in [5.74, 6) is 0.867. The van der Waals surface area contributed by atoms with Gasteiger partial charge in [-0.1, -0.05) is 12.1 Å². The lowest BCUT2D eigenvalue weighted by Gasteiger charge is -2.28. The Morgan fingerprint density at radius 3 is 2.41 bits per heavy atom. The fourth-order valence-electron chi connectivity index (χ4n) is 4.26. The molecule has 0 saturated carbocycles. The third kappa shape index (κ3) is 4.78. The van der Waals surface area contributed by atoms with Crippen LogP contribution in [-0.2, 0) is 6.61 Å². The third-order valence-corrected chi connectivity index (χ3v) is 5.90. The van der Waals surface area contributed by atoms with Crippen LogP contribution in [0.15, 0.2) is 48.5 Å². The lowest BCUT2D eigenvalue weighted by atomic mass is 10.1. The second kappa shape index (κ2) is 9.11. The summed E-state index contributed by atoms with van der Waals surface area (Å²) in [6.07, 6.45) is 4.76. The molecular weight excluding hydrogens is 362 g/mol. The summed E-state index contributed by atoms with van der Waals surface area (Å²) in [4.78, 5) is 17.6. The minimum Gasteiger partial charge on any atom is -0.489 e.